The molecule has 0 aromatic heterocycles. The van der Waals surface area contributed by atoms with Crippen molar-refractivity contribution in [1.29, 1.82) is 0 Å². The Balaban J connectivity index is 0.00000196. The van der Waals surface area contributed by atoms with Crippen molar-refractivity contribution in [1.82, 2.24) is 4.90 Å². The first kappa shape index (κ1) is 24.4. The molecular formula is C20H26Cl3N3O2. The van der Waals surface area contributed by atoms with Crippen molar-refractivity contribution >= 4 is 53.7 Å². The lowest BCUT2D eigenvalue weighted by Crippen LogP contribution is -2.46. The van der Waals surface area contributed by atoms with Crippen LogP contribution < -0.4 is 10.2 Å². The minimum Gasteiger partial charge on any atom is -0.507 e. The van der Waals surface area contributed by atoms with E-state index in [1.165, 1.54) is 17.8 Å². The molecule has 1 amide bonds. The molecule has 1 heterocycles. The smallest absolute Gasteiger partial charge is 0.259 e. The maximum absolute atomic E-state index is 12.4. The van der Waals surface area contributed by atoms with Gasteiger partial charge < -0.3 is 20.2 Å². The number of nitrogens with one attached hydrogen (secondary N) is 1. The van der Waals surface area contributed by atoms with Gasteiger partial charge in [0.2, 0.25) is 0 Å². The third-order valence-corrected chi connectivity index (χ3v) is 5.05. The van der Waals surface area contributed by atoms with Gasteiger partial charge in [-0.25, -0.2) is 0 Å². The molecule has 3 rings (SSSR count). The highest BCUT2D eigenvalue weighted by Gasteiger charge is 2.18. The Hall–Kier alpha value is -1.66. The van der Waals surface area contributed by atoms with E-state index in [1.807, 2.05) is 25.1 Å². The van der Waals surface area contributed by atoms with Crippen LogP contribution in [-0.2, 0) is 0 Å². The maximum atomic E-state index is 12.4. The number of nitrogens with zero attached hydrogens (tertiary/aromatic N) is 2. The van der Waals surface area contributed by atoms with Gasteiger partial charge in [-0.05, 0) is 55.4 Å². The van der Waals surface area contributed by atoms with Crippen molar-refractivity contribution in [2.75, 3.05) is 42.9 Å². The van der Waals surface area contributed by atoms with Gasteiger partial charge in [0.1, 0.15) is 5.75 Å². The molecule has 2 aromatic carbocycles. The molecule has 0 spiro atoms. The number of phenols is 1. The first-order valence-electron chi connectivity index (χ1n) is 8.85. The standard InChI is InChI=1S/C20H24ClN3O2.2ClH/c1-3-23-8-10-24(11-9-23)18-6-5-16(12-14(18)2)22-20(26)17-13-15(21)4-7-19(17)25;;/h4-7,12-13,25H,3,8-11H2,1-2H3,(H,22,26);2*1H. The molecular weight excluding hydrogens is 421 g/mol. The Bertz CT molecular complexity index is 809. The highest BCUT2D eigenvalue weighted by Crippen LogP contribution is 2.26. The quantitative estimate of drug-likeness (QED) is 0.721. The van der Waals surface area contributed by atoms with E-state index in [2.05, 4.69) is 22.0 Å². The summed E-state index contributed by atoms with van der Waals surface area (Å²) in [5.41, 5.74) is 3.17. The lowest BCUT2D eigenvalue weighted by molar-refractivity contribution is 0.102. The zero-order chi connectivity index (χ0) is 18.7. The molecule has 0 atom stereocenters. The van der Waals surface area contributed by atoms with Gasteiger partial charge in [-0.3, -0.25) is 4.79 Å². The normalized spacial score (nSPS) is 14.0. The van der Waals surface area contributed by atoms with E-state index in [-0.39, 0.29) is 42.0 Å². The molecule has 1 aliphatic rings. The molecule has 0 unspecified atom stereocenters. The fourth-order valence-electron chi connectivity index (χ4n) is 3.28. The predicted molar refractivity (Wildman–Crippen MR) is 121 cm³/mol. The molecule has 2 N–H and O–H groups in total. The summed E-state index contributed by atoms with van der Waals surface area (Å²) in [5, 5.41) is 13.1. The zero-order valence-electron chi connectivity index (χ0n) is 15.9. The van der Waals surface area contributed by atoms with E-state index in [4.69, 9.17) is 11.6 Å². The summed E-state index contributed by atoms with van der Waals surface area (Å²) < 4.78 is 0. The largest absolute Gasteiger partial charge is 0.507 e. The van der Waals surface area contributed by atoms with Crippen LogP contribution >= 0.6 is 36.4 Å². The number of anilines is 2. The monoisotopic (exact) mass is 445 g/mol. The van der Waals surface area contributed by atoms with Crippen LogP contribution in [0.1, 0.15) is 22.8 Å². The highest BCUT2D eigenvalue weighted by molar-refractivity contribution is 6.31. The van der Waals surface area contributed by atoms with Crippen molar-refractivity contribution in [2.24, 2.45) is 0 Å². The van der Waals surface area contributed by atoms with E-state index in [0.717, 1.165) is 38.3 Å². The van der Waals surface area contributed by atoms with Gasteiger partial charge in [-0.15, -0.1) is 24.8 Å². The van der Waals surface area contributed by atoms with Gasteiger partial charge in [0.05, 0.1) is 5.56 Å². The van der Waals surface area contributed by atoms with E-state index in [0.29, 0.717) is 10.7 Å². The lowest BCUT2D eigenvalue weighted by Gasteiger charge is -2.36. The van der Waals surface area contributed by atoms with Crippen LogP contribution in [0.5, 0.6) is 5.75 Å². The number of carbonyl (C=O) groups is 1. The third kappa shape index (κ3) is 5.67. The van der Waals surface area contributed by atoms with Crippen LogP contribution in [0, 0.1) is 6.92 Å². The second kappa shape index (κ2) is 10.8. The molecule has 28 heavy (non-hydrogen) atoms. The molecule has 8 heteroatoms. The number of aryl methyl sites for hydroxylation is 1. The van der Waals surface area contributed by atoms with Crippen molar-refractivity contribution < 1.29 is 9.90 Å². The van der Waals surface area contributed by atoms with Gasteiger partial charge in [0.15, 0.2) is 0 Å². The SMILES string of the molecule is CCN1CCN(c2ccc(NC(=O)c3cc(Cl)ccc3O)cc2C)CC1.Cl.Cl. The number of hydrogen-bond acceptors (Lipinski definition) is 4. The molecule has 0 saturated carbocycles. The minimum atomic E-state index is -0.381. The van der Waals surface area contributed by atoms with Crippen LogP contribution in [-0.4, -0.2) is 48.6 Å². The van der Waals surface area contributed by atoms with Crippen molar-refractivity contribution in [3.63, 3.8) is 0 Å². The Morgan fingerprint density at radius 3 is 2.39 bits per heavy atom. The van der Waals surface area contributed by atoms with Gasteiger partial charge in [0.25, 0.3) is 5.91 Å². The summed E-state index contributed by atoms with van der Waals surface area (Å²) in [6.45, 7) is 9.50. The average Bonchev–Trinajstić information content (AvgIpc) is 2.64. The molecule has 5 nitrogen and oxygen atoms in total. The zero-order valence-corrected chi connectivity index (χ0v) is 18.3. The summed E-state index contributed by atoms with van der Waals surface area (Å²) in [7, 11) is 0. The summed E-state index contributed by atoms with van der Waals surface area (Å²) in [4.78, 5) is 17.2. The summed E-state index contributed by atoms with van der Waals surface area (Å²) in [6, 6.07) is 10.3. The van der Waals surface area contributed by atoms with E-state index in [1.54, 1.807) is 6.07 Å². The molecule has 2 aromatic rings. The van der Waals surface area contributed by atoms with E-state index in [9.17, 15) is 9.90 Å². The van der Waals surface area contributed by atoms with E-state index < -0.39 is 0 Å². The number of amides is 1. The summed E-state index contributed by atoms with van der Waals surface area (Å²) in [6.07, 6.45) is 0. The first-order chi connectivity index (χ1) is 12.5. The Morgan fingerprint density at radius 1 is 1.11 bits per heavy atom. The molecule has 1 fully saturated rings. The number of benzene rings is 2. The maximum Gasteiger partial charge on any atom is 0.259 e. The molecule has 0 bridgehead atoms. The van der Waals surface area contributed by atoms with Crippen molar-refractivity contribution in [2.45, 2.75) is 13.8 Å². The molecule has 154 valence electrons. The molecule has 0 aliphatic carbocycles. The Kier molecular flexibility index (Phi) is 9.37. The second-order valence-electron chi connectivity index (χ2n) is 6.54. The average molecular weight is 447 g/mol. The predicted octanol–water partition coefficient (Wildman–Crippen LogP) is 4.59. The van der Waals surface area contributed by atoms with Gasteiger partial charge >= 0.3 is 0 Å². The number of likely N-dealkylation sites (N-methyl/N-ethyl adjacent to an activating group) is 1. The fraction of sp³-hybridized carbons (Fsp3) is 0.350. The number of piperazine rings is 1. The number of aromatic hydroxyl groups is 1. The van der Waals surface area contributed by atoms with Gasteiger partial charge in [0, 0.05) is 42.6 Å². The van der Waals surface area contributed by atoms with Crippen LogP contribution in [0.25, 0.3) is 0 Å². The Morgan fingerprint density at radius 2 is 1.79 bits per heavy atom. The second-order valence-corrected chi connectivity index (χ2v) is 6.97. The van der Waals surface area contributed by atoms with E-state index >= 15 is 0 Å². The number of halogens is 3. The first-order valence-corrected chi connectivity index (χ1v) is 9.23. The van der Waals surface area contributed by atoms with Crippen molar-refractivity contribution in [3.05, 3.63) is 52.5 Å². The van der Waals surface area contributed by atoms with Crippen LogP contribution in [0.3, 0.4) is 0 Å². The van der Waals surface area contributed by atoms with Gasteiger partial charge in [-0.1, -0.05) is 18.5 Å². The number of rotatable bonds is 4. The summed E-state index contributed by atoms with van der Waals surface area (Å²) >= 11 is 5.92. The van der Waals surface area contributed by atoms with Crippen LogP contribution in [0.15, 0.2) is 36.4 Å². The minimum absolute atomic E-state index is 0. The molecule has 1 saturated heterocycles. The molecule has 0 radical (unpaired) electrons. The summed E-state index contributed by atoms with van der Waals surface area (Å²) in [5.74, 6) is -0.470. The van der Waals surface area contributed by atoms with Crippen LogP contribution in [0.2, 0.25) is 5.02 Å². The Labute approximate surface area is 183 Å². The number of carbonyl (C=O) groups excluding carboxylic acids is 1. The number of hydrogen-bond donors (Lipinski definition) is 2. The van der Waals surface area contributed by atoms with Crippen molar-refractivity contribution in [3.8, 4) is 5.75 Å². The topological polar surface area (TPSA) is 55.8 Å². The third-order valence-electron chi connectivity index (χ3n) is 4.82. The number of phenolic OH excluding ortho intramolecular Hbond substituents is 1. The molecule has 1 aliphatic heterocycles. The van der Waals surface area contributed by atoms with Gasteiger partial charge in [-0.2, -0.15) is 0 Å². The fourth-order valence-corrected chi connectivity index (χ4v) is 3.45. The highest BCUT2D eigenvalue weighted by atomic mass is 35.5. The lowest BCUT2D eigenvalue weighted by atomic mass is 10.1. The van der Waals surface area contributed by atoms with Crippen LogP contribution in [0.4, 0.5) is 11.4 Å².